The second-order valence-corrected chi connectivity index (χ2v) is 4.95. The number of hydrogen-bond acceptors (Lipinski definition) is 5. The van der Waals surface area contributed by atoms with Gasteiger partial charge in [0.1, 0.15) is 0 Å². The molecule has 120 valence electrons. The van der Waals surface area contributed by atoms with Gasteiger partial charge in [-0.05, 0) is 5.56 Å². The summed E-state index contributed by atoms with van der Waals surface area (Å²) >= 11 is 5.91. The molecule has 0 aliphatic carbocycles. The number of rotatable bonds is 7. The fraction of sp³-hybridized carbons (Fsp3) is 0.357. The lowest BCUT2D eigenvalue weighted by Crippen LogP contribution is -2.48. The fourth-order valence-electron chi connectivity index (χ4n) is 1.82. The van der Waals surface area contributed by atoms with Gasteiger partial charge in [-0.3, -0.25) is 9.59 Å². The minimum atomic E-state index is -1.34. The van der Waals surface area contributed by atoms with Crippen LogP contribution in [0.2, 0.25) is 0 Å². The van der Waals surface area contributed by atoms with Gasteiger partial charge in [-0.15, -0.1) is 0 Å². The highest BCUT2D eigenvalue weighted by Gasteiger charge is 2.33. The van der Waals surface area contributed by atoms with Crippen LogP contribution >= 0.6 is 11.8 Å². The molecule has 0 fully saturated rings. The van der Waals surface area contributed by atoms with E-state index in [1.54, 1.807) is 24.3 Å². The van der Waals surface area contributed by atoms with E-state index in [2.05, 4.69) is 4.74 Å². The molecular weight excluding hydrogens is 312 g/mol. The van der Waals surface area contributed by atoms with Crippen LogP contribution in [-0.4, -0.2) is 46.6 Å². The number of carbonyl (C=O) groups excluding carboxylic acids is 2. The highest BCUT2D eigenvalue weighted by molar-refractivity contribution is 6.23. The normalized spacial score (nSPS) is 13.0. The maximum atomic E-state index is 12.0. The molecule has 22 heavy (non-hydrogen) atoms. The number of ether oxygens (including phenoxy) is 1. The van der Waals surface area contributed by atoms with E-state index < -0.39 is 36.4 Å². The van der Waals surface area contributed by atoms with Crippen LogP contribution in [0.25, 0.3) is 0 Å². The van der Waals surface area contributed by atoms with E-state index in [4.69, 9.17) is 22.6 Å². The smallest absolute Gasteiger partial charge is 0.330 e. The number of hydrogen-bond donors (Lipinski definition) is 2. The van der Waals surface area contributed by atoms with E-state index in [1.807, 2.05) is 6.07 Å². The zero-order valence-electron chi connectivity index (χ0n) is 11.9. The van der Waals surface area contributed by atoms with Crippen molar-refractivity contribution in [3.63, 3.8) is 0 Å². The van der Waals surface area contributed by atoms with Crippen LogP contribution in [0.1, 0.15) is 12.0 Å². The summed E-state index contributed by atoms with van der Waals surface area (Å²) in [4.78, 5) is 34.5. The number of carbonyl (C=O) groups is 3. The van der Waals surface area contributed by atoms with E-state index in [-0.39, 0.29) is 6.42 Å². The van der Waals surface area contributed by atoms with Crippen LogP contribution in [0, 0.1) is 0 Å². The van der Waals surface area contributed by atoms with Gasteiger partial charge in [0.05, 0.1) is 19.6 Å². The highest BCUT2D eigenvalue weighted by Crippen LogP contribution is 2.15. The quantitative estimate of drug-likeness (QED) is 0.559. The molecule has 0 bridgehead atoms. The summed E-state index contributed by atoms with van der Waals surface area (Å²) in [5, 5.41) is 8.66. The molecule has 1 amide bonds. The zero-order chi connectivity index (χ0) is 16.7. The minimum Gasteiger partial charge on any atom is -0.481 e. The van der Waals surface area contributed by atoms with Gasteiger partial charge in [-0.25, -0.2) is 9.21 Å². The fourth-order valence-corrected chi connectivity index (χ4v) is 2.09. The lowest BCUT2D eigenvalue weighted by atomic mass is 10.1. The van der Waals surface area contributed by atoms with Crippen LogP contribution in [-0.2, 0) is 25.5 Å². The third-order valence-corrected chi connectivity index (χ3v) is 3.34. The first-order chi connectivity index (χ1) is 10.4. The van der Waals surface area contributed by atoms with Gasteiger partial charge in [0, 0.05) is 18.2 Å². The van der Waals surface area contributed by atoms with E-state index in [0.717, 1.165) is 5.56 Å². The average Bonchev–Trinajstić information content (AvgIpc) is 2.50. The van der Waals surface area contributed by atoms with Crippen molar-refractivity contribution >= 4 is 29.6 Å². The topological polar surface area (TPSA) is 110 Å². The van der Waals surface area contributed by atoms with E-state index >= 15 is 0 Å². The summed E-state index contributed by atoms with van der Waals surface area (Å²) in [6.07, 6.45) is -0.455. The summed E-state index contributed by atoms with van der Waals surface area (Å²) in [7, 11) is 1.17. The van der Waals surface area contributed by atoms with Crippen molar-refractivity contribution in [3.8, 4) is 0 Å². The van der Waals surface area contributed by atoms with Crippen LogP contribution in [0.4, 0.5) is 0 Å². The molecule has 2 atom stereocenters. The van der Waals surface area contributed by atoms with Crippen LogP contribution < -0.4 is 5.73 Å². The number of aliphatic carboxylic acids is 1. The van der Waals surface area contributed by atoms with Crippen molar-refractivity contribution in [3.05, 3.63) is 35.9 Å². The third kappa shape index (κ3) is 5.01. The summed E-state index contributed by atoms with van der Waals surface area (Å²) in [6.45, 7) is 0. The van der Waals surface area contributed by atoms with Gasteiger partial charge in [-0.1, -0.05) is 30.3 Å². The molecule has 0 aliphatic rings. The van der Waals surface area contributed by atoms with Gasteiger partial charge < -0.3 is 15.6 Å². The van der Waals surface area contributed by atoms with Gasteiger partial charge in [-0.2, -0.15) is 0 Å². The number of halogens is 1. The maximum Gasteiger partial charge on any atom is 0.330 e. The van der Waals surface area contributed by atoms with Gasteiger partial charge in [0.15, 0.2) is 6.04 Å². The summed E-state index contributed by atoms with van der Waals surface area (Å²) in [5.41, 5.74) is 6.25. The Bertz CT molecular complexity index is 537. The molecule has 3 N–H and O–H groups in total. The van der Waals surface area contributed by atoms with Gasteiger partial charge in [0.25, 0.3) is 5.91 Å². The molecule has 0 radical (unpaired) electrons. The number of nitrogens with two attached hydrogens (primary N) is 1. The largest absolute Gasteiger partial charge is 0.481 e. The Hall–Kier alpha value is -2.12. The SMILES string of the molecule is COC(=O)[C@H](Cc1ccccc1)N(Cl)C(=O)[C@@H](N)CC(=O)O. The number of methoxy groups -OCH3 is 1. The lowest BCUT2D eigenvalue weighted by molar-refractivity contribution is -0.149. The minimum absolute atomic E-state index is 0.128. The first-order valence-electron chi connectivity index (χ1n) is 6.44. The van der Waals surface area contributed by atoms with Crippen molar-refractivity contribution in [1.29, 1.82) is 0 Å². The van der Waals surface area contributed by atoms with E-state index in [9.17, 15) is 14.4 Å². The van der Waals surface area contributed by atoms with Crippen LogP contribution in [0.5, 0.6) is 0 Å². The third-order valence-electron chi connectivity index (χ3n) is 2.94. The molecule has 0 aliphatic heterocycles. The van der Waals surface area contributed by atoms with Gasteiger partial charge >= 0.3 is 11.9 Å². The van der Waals surface area contributed by atoms with Crippen molar-refractivity contribution < 1.29 is 24.2 Å². The molecule has 0 unspecified atom stereocenters. The summed E-state index contributed by atoms with van der Waals surface area (Å²) in [5.74, 6) is -2.80. The second kappa shape index (κ2) is 8.35. The number of carboxylic acid groups (broad SMARTS) is 1. The molecular formula is C14H17ClN2O5. The van der Waals surface area contributed by atoms with Crippen molar-refractivity contribution in [1.82, 2.24) is 4.42 Å². The number of nitrogens with zero attached hydrogens (tertiary/aromatic N) is 1. The number of carboxylic acids is 1. The van der Waals surface area contributed by atoms with Crippen molar-refractivity contribution in [2.45, 2.75) is 24.9 Å². The highest BCUT2D eigenvalue weighted by atomic mass is 35.5. The second-order valence-electron chi connectivity index (χ2n) is 4.58. The average molecular weight is 329 g/mol. The monoisotopic (exact) mass is 328 g/mol. The Morgan fingerprint density at radius 2 is 1.91 bits per heavy atom. The Labute approximate surface area is 132 Å². The molecule has 7 nitrogen and oxygen atoms in total. The maximum absolute atomic E-state index is 12.0. The van der Waals surface area contributed by atoms with Crippen molar-refractivity contribution in [2.24, 2.45) is 5.73 Å². The van der Waals surface area contributed by atoms with E-state index in [1.165, 1.54) is 7.11 Å². The Morgan fingerprint density at radius 1 is 1.32 bits per heavy atom. The lowest BCUT2D eigenvalue weighted by Gasteiger charge is -2.25. The molecule has 1 rings (SSSR count). The zero-order valence-corrected chi connectivity index (χ0v) is 12.7. The number of amides is 1. The molecule has 1 aromatic rings. The molecule has 8 heteroatoms. The Balaban J connectivity index is 2.89. The molecule has 0 heterocycles. The molecule has 0 spiro atoms. The summed E-state index contributed by atoms with van der Waals surface area (Å²) in [6, 6.07) is 6.47. The molecule has 0 aromatic heterocycles. The van der Waals surface area contributed by atoms with Crippen molar-refractivity contribution in [2.75, 3.05) is 7.11 Å². The predicted molar refractivity (Wildman–Crippen MR) is 78.9 cm³/mol. The predicted octanol–water partition coefficient (Wildman–Crippen LogP) is 0.555. The Kier molecular flexibility index (Phi) is 6.81. The summed E-state index contributed by atoms with van der Waals surface area (Å²) < 4.78 is 5.26. The first kappa shape index (κ1) is 17.9. The Morgan fingerprint density at radius 3 is 2.41 bits per heavy atom. The van der Waals surface area contributed by atoms with E-state index in [0.29, 0.717) is 4.42 Å². The van der Waals surface area contributed by atoms with Crippen LogP contribution in [0.3, 0.4) is 0 Å². The molecule has 1 aromatic carbocycles. The molecule has 0 saturated heterocycles. The number of benzene rings is 1. The van der Waals surface area contributed by atoms with Gasteiger partial charge in [0.2, 0.25) is 0 Å². The number of esters is 1. The van der Waals surface area contributed by atoms with Crippen LogP contribution in [0.15, 0.2) is 30.3 Å². The first-order valence-corrected chi connectivity index (χ1v) is 6.78. The molecule has 0 saturated carbocycles. The standard InChI is InChI=1S/C14H17ClN2O5/c1-22-14(21)11(7-9-5-3-2-4-6-9)17(15)13(20)10(16)8-12(18)19/h2-6,10-11H,7-8,16H2,1H3,(H,18,19)/t10-,11-/m0/s1.